The Kier molecular flexibility index (Phi) is 5.90. The predicted molar refractivity (Wildman–Crippen MR) is 138 cm³/mol. The van der Waals surface area contributed by atoms with Gasteiger partial charge in [-0.3, -0.25) is 14.4 Å². The molecule has 5 fully saturated rings. The summed E-state index contributed by atoms with van der Waals surface area (Å²) in [6.07, 6.45) is 7.47. The standard InChI is InChI=1S/C31H46O5/c1-18(2)15-20(32)16-19(3)21-11-12-29(7)25-22(33)17-31-23(9-10-24(34)27(31,4)5)30(25,26(35-8)36-31)14-13-28(21,29)6/h15,19,21,23,25-26H,9-14,16-17H2,1-8H3/t19-,21-,23?,25+,26-,28-,29+,30-,31-/m1/s1. The summed E-state index contributed by atoms with van der Waals surface area (Å²) in [5.41, 5.74) is -0.995. The van der Waals surface area contributed by atoms with Crippen molar-refractivity contribution in [2.45, 2.75) is 112 Å². The molecule has 5 heteroatoms. The van der Waals surface area contributed by atoms with Crippen molar-refractivity contribution >= 4 is 17.3 Å². The van der Waals surface area contributed by atoms with Crippen LogP contribution in [0.5, 0.6) is 0 Å². The van der Waals surface area contributed by atoms with E-state index in [2.05, 4.69) is 20.8 Å². The third-order valence-corrected chi connectivity index (χ3v) is 12.4. The lowest BCUT2D eigenvalue weighted by Crippen LogP contribution is -2.69. The average Bonchev–Trinajstić information content (AvgIpc) is 3.16. The van der Waals surface area contributed by atoms with Crippen molar-refractivity contribution in [1.29, 1.82) is 0 Å². The van der Waals surface area contributed by atoms with Crippen LogP contribution in [0.4, 0.5) is 0 Å². The Bertz CT molecular complexity index is 1020. The minimum Gasteiger partial charge on any atom is -0.355 e. The van der Waals surface area contributed by atoms with Gasteiger partial charge in [-0.05, 0) is 74.7 Å². The van der Waals surface area contributed by atoms with E-state index in [1.807, 2.05) is 27.7 Å². The summed E-state index contributed by atoms with van der Waals surface area (Å²) in [5, 5.41) is 0. The molecule has 5 rings (SSSR count). The van der Waals surface area contributed by atoms with Gasteiger partial charge in [0.05, 0.1) is 11.0 Å². The van der Waals surface area contributed by atoms with Gasteiger partial charge in [0.1, 0.15) is 11.6 Å². The van der Waals surface area contributed by atoms with Gasteiger partial charge in [0, 0.05) is 43.6 Å². The van der Waals surface area contributed by atoms with Crippen LogP contribution in [0.3, 0.4) is 0 Å². The zero-order valence-corrected chi connectivity index (χ0v) is 23.7. The van der Waals surface area contributed by atoms with Crippen LogP contribution in [-0.4, -0.2) is 36.4 Å². The molecule has 0 radical (unpaired) electrons. The molecule has 4 saturated carbocycles. The highest BCUT2D eigenvalue weighted by molar-refractivity contribution is 5.92. The lowest BCUT2D eigenvalue weighted by molar-refractivity contribution is -0.222. The number of carbonyl (C=O) groups is 3. The SMILES string of the molecule is CO[C@@H]1O[C@]23CC(=O)[C@@H]4[C@@]1(CC[C@]1(C)[C@@H]([C@H](C)CC(=O)C=C(C)C)CC[C@@]41C)C2CCC(=O)C3(C)C. The fourth-order valence-electron chi connectivity index (χ4n) is 10.6. The van der Waals surface area contributed by atoms with E-state index in [9.17, 15) is 14.4 Å². The minimum absolute atomic E-state index is 0.0237. The van der Waals surface area contributed by atoms with E-state index < -0.39 is 17.3 Å². The highest BCUT2D eigenvalue weighted by Crippen LogP contribution is 2.79. The van der Waals surface area contributed by atoms with Gasteiger partial charge in [-0.2, -0.15) is 0 Å². The van der Waals surface area contributed by atoms with Gasteiger partial charge < -0.3 is 9.47 Å². The second-order valence-corrected chi connectivity index (χ2v) is 14.3. The van der Waals surface area contributed by atoms with Crippen molar-refractivity contribution in [3.8, 4) is 0 Å². The van der Waals surface area contributed by atoms with E-state index in [1.165, 1.54) is 0 Å². The second kappa shape index (κ2) is 8.09. The Morgan fingerprint density at radius 2 is 1.78 bits per heavy atom. The molecule has 1 unspecified atom stereocenters. The van der Waals surface area contributed by atoms with Crippen LogP contribution in [0, 0.1) is 45.3 Å². The van der Waals surface area contributed by atoms with Crippen molar-refractivity contribution in [3.05, 3.63) is 11.6 Å². The fraction of sp³-hybridized carbons (Fsp3) is 0.839. The van der Waals surface area contributed by atoms with Gasteiger partial charge in [-0.15, -0.1) is 0 Å². The first-order chi connectivity index (χ1) is 16.7. The van der Waals surface area contributed by atoms with Crippen LogP contribution < -0.4 is 0 Å². The van der Waals surface area contributed by atoms with E-state index in [4.69, 9.17) is 9.47 Å². The summed E-state index contributed by atoms with van der Waals surface area (Å²) in [7, 11) is 1.71. The molecule has 0 aromatic heterocycles. The lowest BCUT2D eigenvalue weighted by atomic mass is 9.36. The Labute approximate surface area is 217 Å². The topological polar surface area (TPSA) is 69.7 Å². The van der Waals surface area contributed by atoms with Crippen LogP contribution in [0.25, 0.3) is 0 Å². The second-order valence-electron chi connectivity index (χ2n) is 14.3. The number of hydrogen-bond donors (Lipinski definition) is 0. The lowest BCUT2D eigenvalue weighted by Gasteiger charge is -2.65. The van der Waals surface area contributed by atoms with E-state index >= 15 is 0 Å². The van der Waals surface area contributed by atoms with Crippen molar-refractivity contribution < 1.29 is 23.9 Å². The highest BCUT2D eigenvalue weighted by atomic mass is 16.7. The van der Waals surface area contributed by atoms with Gasteiger partial charge >= 0.3 is 0 Å². The summed E-state index contributed by atoms with van der Waals surface area (Å²) in [5.74, 6) is 1.39. The summed E-state index contributed by atoms with van der Waals surface area (Å²) in [6, 6.07) is 0. The molecular weight excluding hydrogens is 452 g/mol. The van der Waals surface area contributed by atoms with Crippen molar-refractivity contribution in [2.75, 3.05) is 7.11 Å². The van der Waals surface area contributed by atoms with Crippen molar-refractivity contribution in [3.63, 3.8) is 0 Å². The number of ether oxygens (including phenoxy) is 2. The number of carbonyl (C=O) groups excluding carboxylic acids is 3. The monoisotopic (exact) mass is 498 g/mol. The molecule has 2 bridgehead atoms. The summed E-state index contributed by atoms with van der Waals surface area (Å²) in [6.45, 7) is 14.9. The minimum atomic E-state index is -0.761. The van der Waals surface area contributed by atoms with E-state index in [0.29, 0.717) is 25.2 Å². The molecular formula is C31H46O5. The number of Topliss-reactive ketones (excluding diaryl/α,β-unsaturated/α-hetero) is 2. The maximum absolute atomic E-state index is 14.3. The molecule has 1 heterocycles. The number of fused-ring (bicyclic) bond motifs is 2. The van der Waals surface area contributed by atoms with E-state index in [0.717, 1.165) is 37.7 Å². The number of methoxy groups -OCH3 is 1. The van der Waals surface area contributed by atoms with Crippen molar-refractivity contribution in [1.82, 2.24) is 0 Å². The molecule has 1 saturated heterocycles. The molecule has 200 valence electrons. The molecule has 1 aliphatic heterocycles. The van der Waals surface area contributed by atoms with Crippen LogP contribution in [0.1, 0.15) is 99.8 Å². The molecule has 5 aliphatic rings. The number of hydrogen-bond acceptors (Lipinski definition) is 5. The highest BCUT2D eigenvalue weighted by Gasteiger charge is 2.82. The molecule has 9 atom stereocenters. The zero-order chi connectivity index (χ0) is 26.5. The number of rotatable bonds is 5. The normalized spacial score (nSPS) is 47.6. The van der Waals surface area contributed by atoms with Crippen molar-refractivity contribution in [2.24, 2.45) is 45.3 Å². The first kappa shape index (κ1) is 26.3. The maximum Gasteiger partial charge on any atom is 0.164 e. The quantitative estimate of drug-likeness (QED) is 0.429. The molecule has 0 aromatic carbocycles. The van der Waals surface area contributed by atoms with Gasteiger partial charge in [-0.25, -0.2) is 0 Å². The third-order valence-electron chi connectivity index (χ3n) is 12.4. The Morgan fingerprint density at radius 1 is 1.08 bits per heavy atom. The van der Waals surface area contributed by atoms with Crippen LogP contribution in [0.2, 0.25) is 0 Å². The molecule has 4 aliphatic carbocycles. The smallest absolute Gasteiger partial charge is 0.164 e. The van der Waals surface area contributed by atoms with Crippen LogP contribution >= 0.6 is 0 Å². The van der Waals surface area contributed by atoms with Crippen LogP contribution in [-0.2, 0) is 23.9 Å². The van der Waals surface area contributed by atoms with Gasteiger partial charge in [0.2, 0.25) is 0 Å². The van der Waals surface area contributed by atoms with Gasteiger partial charge in [-0.1, -0.05) is 40.2 Å². The molecule has 1 spiro atoms. The first-order valence-electron chi connectivity index (χ1n) is 14.2. The Morgan fingerprint density at radius 3 is 2.42 bits per heavy atom. The summed E-state index contributed by atoms with van der Waals surface area (Å²) in [4.78, 5) is 40.1. The van der Waals surface area contributed by atoms with E-state index in [-0.39, 0.29) is 51.3 Å². The molecule has 0 aromatic rings. The Hall–Kier alpha value is -1.33. The summed E-state index contributed by atoms with van der Waals surface area (Å²) >= 11 is 0. The average molecular weight is 499 g/mol. The Balaban J connectivity index is 1.55. The third kappa shape index (κ3) is 2.99. The van der Waals surface area contributed by atoms with Gasteiger partial charge in [0.25, 0.3) is 0 Å². The zero-order valence-electron chi connectivity index (χ0n) is 23.7. The molecule has 0 amide bonds. The molecule has 36 heavy (non-hydrogen) atoms. The molecule has 0 N–H and O–H groups in total. The molecule has 5 nitrogen and oxygen atoms in total. The predicted octanol–water partition coefficient (Wildman–Crippen LogP) is 6.09. The number of ketones is 3. The maximum atomic E-state index is 14.3. The van der Waals surface area contributed by atoms with E-state index in [1.54, 1.807) is 13.2 Å². The largest absolute Gasteiger partial charge is 0.355 e. The summed E-state index contributed by atoms with van der Waals surface area (Å²) < 4.78 is 12.9. The van der Waals surface area contributed by atoms with Gasteiger partial charge in [0.15, 0.2) is 12.1 Å². The first-order valence-corrected chi connectivity index (χ1v) is 14.2. The fourth-order valence-corrected chi connectivity index (χ4v) is 10.6. The van der Waals surface area contributed by atoms with Crippen LogP contribution in [0.15, 0.2) is 11.6 Å². The number of allylic oxidation sites excluding steroid dienone is 2.